The average molecular weight is 454 g/mol. The van der Waals surface area contributed by atoms with Crippen LogP contribution in [0.1, 0.15) is 23.3 Å². The second-order valence-electron chi connectivity index (χ2n) is 5.06. The molecule has 0 aliphatic rings. The normalized spacial score (nSPS) is 13.6. The highest BCUT2D eigenvalue weighted by Crippen LogP contribution is 2.46. The number of halogens is 6. The average Bonchev–Trinajstić information content (AvgIpc) is 2.52. The van der Waals surface area contributed by atoms with Crippen LogP contribution in [0.5, 0.6) is 0 Å². The highest BCUT2D eigenvalue weighted by Gasteiger charge is 2.58. The number of nitrogens with zero attached hydrogens (tertiary/aromatic N) is 2. The van der Waals surface area contributed by atoms with Crippen molar-refractivity contribution in [2.75, 3.05) is 6.61 Å². The molecule has 1 aromatic rings. The Balaban J connectivity index is 4.15. The number of esters is 1. The van der Waals surface area contributed by atoms with Gasteiger partial charge in [-0.2, -0.15) is 26.3 Å². The lowest BCUT2D eigenvalue weighted by Gasteiger charge is -2.19. The van der Waals surface area contributed by atoms with Gasteiger partial charge in [-0.3, -0.25) is 25.0 Å². The summed E-state index contributed by atoms with van der Waals surface area (Å²) in [5.41, 5.74) is -14.3. The highest BCUT2D eigenvalue weighted by molar-refractivity contribution is 7.93. The number of sulfone groups is 1. The lowest BCUT2D eigenvalue weighted by molar-refractivity contribution is -0.395. The Bertz CT molecular complexity index is 921. The Hall–Kier alpha value is -2.98. The minimum Gasteiger partial charge on any atom is -0.465 e. The second kappa shape index (κ2) is 7.80. The Labute approximate surface area is 156 Å². The molecule has 1 aromatic carbocycles. The number of rotatable bonds is 6. The maximum atomic E-state index is 13.0. The van der Waals surface area contributed by atoms with Crippen LogP contribution in [0.4, 0.5) is 37.7 Å². The van der Waals surface area contributed by atoms with Crippen LogP contribution in [0.3, 0.4) is 0 Å². The van der Waals surface area contributed by atoms with Crippen molar-refractivity contribution in [3.63, 3.8) is 0 Å². The predicted octanol–water partition coefficient (Wildman–Crippen LogP) is 3.06. The predicted molar refractivity (Wildman–Crippen MR) is 79.1 cm³/mol. The molecule has 10 nitrogen and oxygen atoms in total. The van der Waals surface area contributed by atoms with E-state index >= 15 is 0 Å². The number of hydrogen-bond acceptors (Lipinski definition) is 8. The van der Waals surface area contributed by atoms with Crippen LogP contribution >= 0.6 is 0 Å². The first kappa shape index (κ1) is 24.1. The molecule has 0 bridgehead atoms. The van der Waals surface area contributed by atoms with Crippen molar-refractivity contribution in [1.29, 1.82) is 0 Å². The van der Waals surface area contributed by atoms with Crippen molar-refractivity contribution >= 4 is 27.2 Å². The van der Waals surface area contributed by atoms with Gasteiger partial charge in [0.15, 0.2) is 0 Å². The molecule has 0 saturated carbocycles. The summed E-state index contributed by atoms with van der Waals surface area (Å²) >= 11 is 0. The van der Waals surface area contributed by atoms with E-state index in [1.54, 1.807) is 0 Å². The molecule has 162 valence electrons. The van der Waals surface area contributed by atoms with Crippen molar-refractivity contribution < 1.29 is 54.1 Å². The van der Waals surface area contributed by atoms with Crippen molar-refractivity contribution in [3.8, 4) is 0 Å². The number of carbonyl (C=O) groups is 1. The fourth-order valence-corrected chi connectivity index (χ4v) is 3.25. The van der Waals surface area contributed by atoms with Crippen LogP contribution < -0.4 is 0 Å². The van der Waals surface area contributed by atoms with Gasteiger partial charge in [0, 0.05) is 12.1 Å². The lowest BCUT2D eigenvalue weighted by Crippen LogP contribution is -2.35. The number of nitro groups is 2. The third-order valence-corrected chi connectivity index (χ3v) is 4.95. The fraction of sp³-hybridized carbons (Fsp3) is 0.417. The summed E-state index contributed by atoms with van der Waals surface area (Å²) in [6.45, 7) is 0.260. The van der Waals surface area contributed by atoms with E-state index in [9.17, 15) is 59.8 Å². The fourth-order valence-electron chi connectivity index (χ4n) is 2.11. The third-order valence-electron chi connectivity index (χ3n) is 3.25. The number of alkyl halides is 6. The van der Waals surface area contributed by atoms with Gasteiger partial charge in [0.05, 0.1) is 22.0 Å². The second-order valence-corrected chi connectivity index (χ2v) is 7.09. The molecule has 17 heteroatoms. The topological polar surface area (TPSA) is 147 Å². The lowest BCUT2D eigenvalue weighted by atomic mass is 10.0. The number of nitro benzene ring substituents is 2. The quantitative estimate of drug-likeness (QED) is 0.276. The monoisotopic (exact) mass is 454 g/mol. The minimum absolute atomic E-state index is 0.416. The summed E-state index contributed by atoms with van der Waals surface area (Å²) in [4.78, 5) is 30.6. The Morgan fingerprint density at radius 2 is 1.48 bits per heavy atom. The van der Waals surface area contributed by atoms with Gasteiger partial charge < -0.3 is 4.74 Å². The number of hydrogen-bond donors (Lipinski definition) is 0. The minimum atomic E-state index is -6.74. The van der Waals surface area contributed by atoms with E-state index in [2.05, 4.69) is 4.74 Å². The van der Waals surface area contributed by atoms with E-state index < -0.39 is 83.8 Å². The number of carbonyl (C=O) groups excluding carboxylic acids is 1. The summed E-state index contributed by atoms with van der Waals surface area (Å²) in [5.74, 6) is -2.30. The Kier molecular flexibility index (Phi) is 6.47. The van der Waals surface area contributed by atoms with Crippen LogP contribution in [0, 0.1) is 20.2 Å². The number of ether oxygens (including phenoxy) is 1. The molecule has 0 spiro atoms. The van der Waals surface area contributed by atoms with Gasteiger partial charge in [0.1, 0.15) is 5.56 Å². The van der Waals surface area contributed by atoms with Crippen molar-refractivity contribution in [2.24, 2.45) is 0 Å². The zero-order chi connectivity index (χ0) is 22.9. The molecule has 0 fully saturated rings. The zero-order valence-corrected chi connectivity index (χ0v) is 14.6. The Morgan fingerprint density at radius 1 is 1.07 bits per heavy atom. The molecule has 0 saturated heterocycles. The van der Waals surface area contributed by atoms with Crippen molar-refractivity contribution in [1.82, 2.24) is 0 Å². The number of benzene rings is 1. The molecule has 0 aliphatic carbocycles. The smallest absolute Gasteiger partial charge is 0.465 e. The van der Waals surface area contributed by atoms with Crippen LogP contribution in [0.2, 0.25) is 0 Å². The van der Waals surface area contributed by atoms with Crippen LogP contribution in [-0.2, 0) is 25.5 Å². The largest absolute Gasteiger partial charge is 0.498 e. The van der Waals surface area contributed by atoms with E-state index in [-0.39, 0.29) is 0 Å². The third kappa shape index (κ3) is 4.72. The molecule has 0 radical (unpaired) electrons. The SMILES string of the molecule is CCOC(=O)C(c1c([N+](=O)[O-])cc(C(F)(F)F)cc1[N+](=O)[O-])S(=O)(=O)C(F)(F)F. The summed E-state index contributed by atoms with van der Waals surface area (Å²) in [6, 6.07) is -0.832. The summed E-state index contributed by atoms with van der Waals surface area (Å²) in [6.07, 6.45) is -5.42. The van der Waals surface area contributed by atoms with Gasteiger partial charge >= 0.3 is 17.7 Å². The van der Waals surface area contributed by atoms with Gasteiger partial charge in [-0.1, -0.05) is 0 Å². The molecular formula is C12H8F6N2O8S. The molecule has 0 N–H and O–H groups in total. The van der Waals surface area contributed by atoms with E-state index in [0.29, 0.717) is 0 Å². The van der Waals surface area contributed by atoms with Crippen molar-refractivity contribution in [3.05, 3.63) is 43.5 Å². The molecule has 1 atom stereocenters. The summed E-state index contributed by atoms with van der Waals surface area (Å²) in [5, 5.41) is 18.5. The van der Waals surface area contributed by atoms with Gasteiger partial charge in [0.25, 0.3) is 21.2 Å². The van der Waals surface area contributed by atoms with Crippen LogP contribution in [0.15, 0.2) is 12.1 Å². The summed E-state index contributed by atoms with van der Waals surface area (Å²) < 4.78 is 105. The van der Waals surface area contributed by atoms with Crippen LogP contribution in [-0.4, -0.2) is 36.3 Å². The summed E-state index contributed by atoms with van der Waals surface area (Å²) in [7, 11) is -6.74. The Morgan fingerprint density at radius 3 is 1.76 bits per heavy atom. The van der Waals surface area contributed by atoms with E-state index in [0.717, 1.165) is 6.92 Å². The van der Waals surface area contributed by atoms with Gasteiger partial charge in [-0.15, -0.1) is 0 Å². The first-order chi connectivity index (χ1) is 13.0. The maximum absolute atomic E-state index is 13.0. The van der Waals surface area contributed by atoms with Gasteiger partial charge in [-0.05, 0) is 6.92 Å². The zero-order valence-electron chi connectivity index (χ0n) is 13.8. The molecule has 1 unspecified atom stereocenters. The molecule has 0 amide bonds. The van der Waals surface area contributed by atoms with E-state index in [4.69, 9.17) is 0 Å². The van der Waals surface area contributed by atoms with E-state index in [1.165, 1.54) is 0 Å². The molecule has 1 rings (SSSR count). The first-order valence-corrected chi connectivity index (χ1v) is 8.52. The molecule has 0 aromatic heterocycles. The van der Waals surface area contributed by atoms with Crippen molar-refractivity contribution in [2.45, 2.75) is 23.9 Å². The first-order valence-electron chi connectivity index (χ1n) is 6.97. The van der Waals surface area contributed by atoms with Gasteiger partial charge in [0.2, 0.25) is 5.25 Å². The molecule has 0 aliphatic heterocycles. The molecule has 29 heavy (non-hydrogen) atoms. The maximum Gasteiger partial charge on any atom is 0.498 e. The van der Waals surface area contributed by atoms with Crippen LogP contribution in [0.25, 0.3) is 0 Å². The standard InChI is InChI=1S/C12H8F6N2O8S/c1-2-28-10(21)9(29(26,27)12(16,17)18)8-6(19(22)23)3-5(11(13,14)15)4-7(8)20(24)25/h3-4,9H,2H2,1H3. The van der Waals surface area contributed by atoms with Gasteiger partial charge in [-0.25, -0.2) is 8.42 Å². The molecule has 0 heterocycles. The molecular weight excluding hydrogens is 446 g/mol. The van der Waals surface area contributed by atoms with E-state index in [1.807, 2.05) is 0 Å². The highest BCUT2D eigenvalue weighted by atomic mass is 32.2.